The van der Waals surface area contributed by atoms with E-state index < -0.39 is 11.4 Å². The van der Waals surface area contributed by atoms with Crippen molar-refractivity contribution >= 4 is 23.6 Å². The molecular formula is C18H23NO4S. The molecule has 2 fully saturated rings. The number of rotatable bonds is 4. The maximum Gasteiger partial charge on any atom is 0.311 e. The number of benzene rings is 1. The van der Waals surface area contributed by atoms with Crippen LogP contribution >= 0.6 is 11.8 Å². The lowest BCUT2D eigenvalue weighted by molar-refractivity contribution is -0.157. The Kier molecular flexibility index (Phi) is 4.88. The molecule has 24 heavy (non-hydrogen) atoms. The summed E-state index contributed by atoms with van der Waals surface area (Å²) in [6.45, 7) is 5.85. The van der Waals surface area contributed by atoms with Crippen LogP contribution in [0, 0.1) is 11.3 Å². The number of carboxylic acid groups (broad SMARTS) is 1. The molecule has 5 nitrogen and oxygen atoms in total. The van der Waals surface area contributed by atoms with Gasteiger partial charge in [-0.3, -0.25) is 9.59 Å². The van der Waals surface area contributed by atoms with Crippen LogP contribution in [0.5, 0.6) is 0 Å². The van der Waals surface area contributed by atoms with Crippen LogP contribution in [-0.4, -0.2) is 53.4 Å². The Bertz CT molecular complexity index is 630. The fourth-order valence-electron chi connectivity index (χ4n) is 3.59. The SMILES string of the molecule is CC(C)Sc1ccc(C(=O)N2C[C@H]3COCC[C@@]3(C(=O)O)C2)cc1. The molecule has 0 saturated carbocycles. The Morgan fingerprint density at radius 3 is 2.62 bits per heavy atom. The van der Waals surface area contributed by atoms with Crippen LogP contribution in [0.3, 0.4) is 0 Å². The highest BCUT2D eigenvalue weighted by Gasteiger charge is 2.54. The molecule has 1 N–H and O–H groups in total. The van der Waals surface area contributed by atoms with Crippen molar-refractivity contribution in [2.75, 3.05) is 26.3 Å². The Hall–Kier alpha value is -1.53. The molecule has 0 aliphatic carbocycles. The lowest BCUT2D eigenvalue weighted by Crippen LogP contribution is -2.45. The summed E-state index contributed by atoms with van der Waals surface area (Å²) in [5, 5.41) is 10.2. The number of thioether (sulfide) groups is 1. The third-order valence-electron chi connectivity index (χ3n) is 4.89. The van der Waals surface area contributed by atoms with Gasteiger partial charge in [-0.2, -0.15) is 0 Å². The standard InChI is InChI=1S/C18H23NO4S/c1-12(2)24-15-5-3-13(4-6-15)16(20)19-9-14-10-23-8-7-18(14,11-19)17(21)22/h3-6,12,14H,7-11H2,1-2H3,(H,21,22)/t14-,18+/m0/s1. The molecule has 0 spiro atoms. The summed E-state index contributed by atoms with van der Waals surface area (Å²) < 4.78 is 5.44. The van der Waals surface area contributed by atoms with Crippen molar-refractivity contribution in [2.24, 2.45) is 11.3 Å². The number of amides is 1. The number of carbonyl (C=O) groups is 2. The van der Waals surface area contributed by atoms with E-state index in [9.17, 15) is 14.7 Å². The number of ether oxygens (including phenoxy) is 1. The van der Waals surface area contributed by atoms with E-state index in [1.165, 1.54) is 0 Å². The molecule has 130 valence electrons. The van der Waals surface area contributed by atoms with Crippen molar-refractivity contribution in [1.82, 2.24) is 4.90 Å². The van der Waals surface area contributed by atoms with Gasteiger partial charge in [-0.25, -0.2) is 0 Å². The van der Waals surface area contributed by atoms with E-state index in [4.69, 9.17) is 4.74 Å². The first-order chi connectivity index (χ1) is 11.4. The summed E-state index contributed by atoms with van der Waals surface area (Å²) >= 11 is 1.75. The van der Waals surface area contributed by atoms with Gasteiger partial charge in [-0.1, -0.05) is 13.8 Å². The molecule has 6 heteroatoms. The van der Waals surface area contributed by atoms with Crippen molar-refractivity contribution in [3.8, 4) is 0 Å². The van der Waals surface area contributed by atoms with Gasteiger partial charge in [0.05, 0.1) is 12.0 Å². The van der Waals surface area contributed by atoms with Gasteiger partial charge in [-0.05, 0) is 30.7 Å². The molecule has 2 heterocycles. The summed E-state index contributed by atoms with van der Waals surface area (Å²) in [6.07, 6.45) is 0.473. The van der Waals surface area contributed by atoms with Gasteiger partial charge in [0.1, 0.15) is 0 Å². The summed E-state index contributed by atoms with van der Waals surface area (Å²) in [6, 6.07) is 7.58. The first-order valence-electron chi connectivity index (χ1n) is 8.29. The number of carboxylic acids is 1. The number of nitrogens with zero attached hydrogens (tertiary/aromatic N) is 1. The molecule has 1 amide bonds. The summed E-state index contributed by atoms with van der Waals surface area (Å²) in [4.78, 5) is 27.4. The van der Waals surface area contributed by atoms with Crippen LogP contribution in [0.1, 0.15) is 30.6 Å². The summed E-state index contributed by atoms with van der Waals surface area (Å²) in [5.74, 6) is -1.02. The van der Waals surface area contributed by atoms with Crippen LogP contribution in [0.4, 0.5) is 0 Å². The second-order valence-corrected chi connectivity index (χ2v) is 8.51. The molecule has 0 radical (unpaired) electrons. The normalized spacial score (nSPS) is 26.5. The van der Waals surface area contributed by atoms with E-state index in [1.54, 1.807) is 16.7 Å². The molecule has 1 aromatic rings. The average Bonchev–Trinajstić information content (AvgIpc) is 2.95. The number of carbonyl (C=O) groups excluding carboxylic acids is 1. The molecule has 3 rings (SSSR count). The Morgan fingerprint density at radius 2 is 2.04 bits per heavy atom. The predicted molar refractivity (Wildman–Crippen MR) is 92.3 cm³/mol. The zero-order valence-electron chi connectivity index (χ0n) is 14.0. The quantitative estimate of drug-likeness (QED) is 0.847. The second kappa shape index (κ2) is 6.76. The molecule has 0 unspecified atom stereocenters. The molecule has 2 aliphatic rings. The minimum absolute atomic E-state index is 0.0916. The molecule has 1 aromatic carbocycles. The highest BCUT2D eigenvalue weighted by Crippen LogP contribution is 2.42. The molecular weight excluding hydrogens is 326 g/mol. The van der Waals surface area contributed by atoms with E-state index in [0.29, 0.717) is 37.0 Å². The maximum atomic E-state index is 12.8. The van der Waals surface area contributed by atoms with Gasteiger partial charge < -0.3 is 14.7 Å². The number of aliphatic carboxylic acids is 1. The first-order valence-corrected chi connectivity index (χ1v) is 9.17. The monoisotopic (exact) mass is 349 g/mol. The second-order valence-electron chi connectivity index (χ2n) is 6.86. The van der Waals surface area contributed by atoms with Crippen LogP contribution in [0.25, 0.3) is 0 Å². The van der Waals surface area contributed by atoms with Crippen molar-refractivity contribution in [1.29, 1.82) is 0 Å². The van der Waals surface area contributed by atoms with E-state index in [-0.39, 0.29) is 18.4 Å². The molecule has 2 atom stereocenters. The van der Waals surface area contributed by atoms with Gasteiger partial charge in [0, 0.05) is 41.3 Å². The van der Waals surface area contributed by atoms with Crippen molar-refractivity contribution in [3.63, 3.8) is 0 Å². The van der Waals surface area contributed by atoms with Gasteiger partial charge in [0.25, 0.3) is 5.91 Å². The maximum absolute atomic E-state index is 12.8. The zero-order chi connectivity index (χ0) is 17.3. The Morgan fingerprint density at radius 1 is 1.33 bits per heavy atom. The number of hydrogen-bond donors (Lipinski definition) is 1. The minimum Gasteiger partial charge on any atom is -0.481 e. The smallest absolute Gasteiger partial charge is 0.311 e. The lowest BCUT2D eigenvalue weighted by atomic mass is 9.74. The molecule has 2 saturated heterocycles. The van der Waals surface area contributed by atoms with Gasteiger partial charge in [-0.15, -0.1) is 11.8 Å². The highest BCUT2D eigenvalue weighted by atomic mass is 32.2. The van der Waals surface area contributed by atoms with E-state index in [0.717, 1.165) is 4.90 Å². The van der Waals surface area contributed by atoms with Crippen molar-refractivity contribution < 1.29 is 19.4 Å². The largest absolute Gasteiger partial charge is 0.481 e. The highest BCUT2D eigenvalue weighted by molar-refractivity contribution is 7.99. The Balaban J connectivity index is 1.75. The minimum atomic E-state index is -0.846. The van der Waals surface area contributed by atoms with Crippen LogP contribution in [-0.2, 0) is 9.53 Å². The number of likely N-dealkylation sites (tertiary alicyclic amines) is 1. The lowest BCUT2D eigenvalue weighted by Gasteiger charge is -2.33. The van der Waals surface area contributed by atoms with Gasteiger partial charge in [0.2, 0.25) is 0 Å². The van der Waals surface area contributed by atoms with Crippen LogP contribution in [0.2, 0.25) is 0 Å². The van der Waals surface area contributed by atoms with Crippen molar-refractivity contribution in [2.45, 2.75) is 30.4 Å². The number of fused-ring (bicyclic) bond motifs is 1. The zero-order valence-corrected chi connectivity index (χ0v) is 14.8. The van der Waals surface area contributed by atoms with Gasteiger partial charge >= 0.3 is 5.97 Å². The van der Waals surface area contributed by atoms with Crippen LogP contribution in [0.15, 0.2) is 29.2 Å². The van der Waals surface area contributed by atoms with E-state index in [1.807, 2.05) is 24.3 Å². The fourth-order valence-corrected chi connectivity index (χ4v) is 4.42. The fraction of sp³-hybridized carbons (Fsp3) is 0.556. The first kappa shape index (κ1) is 17.3. The van der Waals surface area contributed by atoms with Gasteiger partial charge in [0.15, 0.2) is 0 Å². The Labute approximate surface area is 146 Å². The third kappa shape index (κ3) is 3.17. The molecule has 0 bridgehead atoms. The predicted octanol–water partition coefficient (Wildman–Crippen LogP) is 2.75. The van der Waals surface area contributed by atoms with E-state index >= 15 is 0 Å². The molecule has 2 aliphatic heterocycles. The average molecular weight is 349 g/mol. The molecule has 0 aromatic heterocycles. The van der Waals surface area contributed by atoms with Crippen molar-refractivity contribution in [3.05, 3.63) is 29.8 Å². The van der Waals surface area contributed by atoms with E-state index in [2.05, 4.69) is 13.8 Å². The number of hydrogen-bond acceptors (Lipinski definition) is 4. The van der Waals surface area contributed by atoms with Crippen LogP contribution < -0.4 is 0 Å². The summed E-state index contributed by atoms with van der Waals surface area (Å²) in [5.41, 5.74) is -0.232. The third-order valence-corrected chi connectivity index (χ3v) is 5.91. The summed E-state index contributed by atoms with van der Waals surface area (Å²) in [7, 11) is 0. The topological polar surface area (TPSA) is 66.8 Å².